The summed E-state index contributed by atoms with van der Waals surface area (Å²) in [6.45, 7) is 4.30. The zero-order valence-corrected chi connectivity index (χ0v) is 21.8. The van der Waals surface area contributed by atoms with Crippen molar-refractivity contribution in [2.75, 3.05) is 38.1 Å². The number of hydrogen-bond acceptors (Lipinski definition) is 7. The third-order valence-electron chi connectivity index (χ3n) is 7.91. The van der Waals surface area contributed by atoms with Gasteiger partial charge >= 0.3 is 6.18 Å². The standard InChI is InChI=1S/C28H29F3N6O2/c1-18-23(17-39-35-18)24-5-3-21(15-33-24)27(26(38)34-22-7-10-36(2)16-22)8-11-37(12-9-27)25-6-4-20(28(29,30)31)13-19(25)14-32/h3-6,13,15,17,22H,7-12,16H2,1-2H3,(H,34,38)/t22-/m0/s1. The van der Waals surface area contributed by atoms with Gasteiger partial charge in [0.15, 0.2) is 0 Å². The number of carbonyl (C=O) groups is 1. The first-order valence-corrected chi connectivity index (χ1v) is 12.8. The number of likely N-dealkylation sites (N-methyl/N-ethyl adjacent to an activating group) is 1. The summed E-state index contributed by atoms with van der Waals surface area (Å²) in [5, 5.41) is 16.7. The number of alkyl halides is 3. The lowest BCUT2D eigenvalue weighted by molar-refractivity contribution is -0.137. The van der Waals surface area contributed by atoms with Crippen LogP contribution in [-0.2, 0) is 16.4 Å². The second kappa shape index (κ2) is 10.3. The van der Waals surface area contributed by atoms with E-state index in [0.29, 0.717) is 43.0 Å². The van der Waals surface area contributed by atoms with Crippen LogP contribution < -0.4 is 10.2 Å². The van der Waals surface area contributed by atoms with Crippen LogP contribution >= 0.6 is 0 Å². The highest BCUT2D eigenvalue weighted by molar-refractivity contribution is 5.89. The number of pyridine rings is 1. The number of piperidine rings is 1. The quantitative estimate of drug-likeness (QED) is 0.517. The minimum absolute atomic E-state index is 0.0362. The van der Waals surface area contributed by atoms with E-state index in [4.69, 9.17) is 4.52 Å². The van der Waals surface area contributed by atoms with Gasteiger partial charge in [-0.3, -0.25) is 9.78 Å². The first kappa shape index (κ1) is 26.7. The topological polar surface area (TPSA) is 98.3 Å². The Balaban J connectivity index is 1.43. The number of hydrogen-bond donors (Lipinski definition) is 1. The smallest absolute Gasteiger partial charge is 0.370 e. The molecule has 0 radical (unpaired) electrons. The maximum Gasteiger partial charge on any atom is 0.416 e. The Kier molecular flexibility index (Phi) is 7.07. The maximum atomic E-state index is 13.9. The second-order valence-electron chi connectivity index (χ2n) is 10.4. The predicted octanol–water partition coefficient (Wildman–Crippen LogP) is 4.29. The molecule has 1 atom stereocenters. The molecule has 0 saturated carbocycles. The summed E-state index contributed by atoms with van der Waals surface area (Å²) in [6.07, 6.45) is 0.423. The Hall–Kier alpha value is -3.91. The summed E-state index contributed by atoms with van der Waals surface area (Å²) in [5.41, 5.74) is 1.62. The van der Waals surface area contributed by atoms with Gasteiger partial charge < -0.3 is 19.6 Å². The highest BCUT2D eigenvalue weighted by atomic mass is 19.4. The summed E-state index contributed by atoms with van der Waals surface area (Å²) in [4.78, 5) is 22.6. The van der Waals surface area contributed by atoms with Crippen LogP contribution in [0.15, 0.2) is 47.3 Å². The Morgan fingerprint density at radius 3 is 2.54 bits per heavy atom. The average molecular weight is 539 g/mol. The van der Waals surface area contributed by atoms with Gasteiger partial charge in [0.05, 0.1) is 39.2 Å². The summed E-state index contributed by atoms with van der Waals surface area (Å²) >= 11 is 0. The monoisotopic (exact) mass is 538 g/mol. The number of benzene rings is 1. The molecule has 0 bridgehead atoms. The van der Waals surface area contributed by atoms with Crippen molar-refractivity contribution in [3.8, 4) is 17.3 Å². The molecule has 2 aromatic heterocycles. The van der Waals surface area contributed by atoms with Crippen LogP contribution in [-0.4, -0.2) is 60.2 Å². The number of anilines is 1. The zero-order valence-electron chi connectivity index (χ0n) is 21.8. The molecular formula is C28H29F3N6O2. The fourth-order valence-electron chi connectivity index (χ4n) is 5.60. The van der Waals surface area contributed by atoms with E-state index in [9.17, 15) is 23.2 Å². The van der Waals surface area contributed by atoms with Crippen molar-refractivity contribution in [1.29, 1.82) is 5.26 Å². The van der Waals surface area contributed by atoms with Gasteiger partial charge in [-0.1, -0.05) is 11.2 Å². The third kappa shape index (κ3) is 5.21. The van der Waals surface area contributed by atoms with Crippen molar-refractivity contribution in [2.24, 2.45) is 0 Å². The van der Waals surface area contributed by atoms with Crippen LogP contribution in [0.1, 0.15) is 41.6 Å². The zero-order chi connectivity index (χ0) is 27.8. The molecule has 1 amide bonds. The Morgan fingerprint density at radius 1 is 1.21 bits per heavy atom. The largest absolute Gasteiger partial charge is 0.416 e. The highest BCUT2D eigenvalue weighted by Gasteiger charge is 2.44. The van der Waals surface area contributed by atoms with Gasteiger partial charge in [-0.15, -0.1) is 0 Å². The molecule has 2 aliphatic heterocycles. The molecule has 1 aromatic carbocycles. The van der Waals surface area contributed by atoms with Crippen LogP contribution in [0.4, 0.5) is 18.9 Å². The Labute approximate surface area is 224 Å². The number of halogens is 3. The molecule has 0 unspecified atom stereocenters. The lowest BCUT2D eigenvalue weighted by Crippen LogP contribution is -2.54. The van der Waals surface area contributed by atoms with Crippen LogP contribution in [0, 0.1) is 18.3 Å². The molecule has 4 heterocycles. The molecule has 8 nitrogen and oxygen atoms in total. The minimum Gasteiger partial charge on any atom is -0.370 e. The molecule has 1 N–H and O–H groups in total. The van der Waals surface area contributed by atoms with Gasteiger partial charge in [0.25, 0.3) is 0 Å². The molecule has 0 spiro atoms. The molecule has 5 rings (SSSR count). The van der Waals surface area contributed by atoms with E-state index in [1.54, 1.807) is 6.20 Å². The van der Waals surface area contributed by atoms with Crippen molar-refractivity contribution < 1.29 is 22.5 Å². The molecule has 2 saturated heterocycles. The summed E-state index contributed by atoms with van der Waals surface area (Å²) in [7, 11) is 2.02. The normalized spacial score (nSPS) is 19.6. The molecule has 39 heavy (non-hydrogen) atoms. The number of aromatic nitrogens is 2. The first-order valence-electron chi connectivity index (χ1n) is 12.8. The number of likely N-dealkylation sites (tertiary alicyclic amines) is 1. The van der Waals surface area contributed by atoms with Gasteiger partial charge in [0.2, 0.25) is 5.91 Å². The maximum absolute atomic E-state index is 13.9. The second-order valence-corrected chi connectivity index (χ2v) is 10.4. The van der Waals surface area contributed by atoms with Crippen LogP contribution in [0.25, 0.3) is 11.3 Å². The fraction of sp³-hybridized carbons (Fsp3) is 0.429. The van der Waals surface area contributed by atoms with Crippen molar-refractivity contribution in [3.05, 3.63) is 65.2 Å². The van der Waals surface area contributed by atoms with Crippen molar-refractivity contribution in [1.82, 2.24) is 20.4 Å². The van der Waals surface area contributed by atoms with E-state index in [0.717, 1.165) is 42.8 Å². The number of carbonyl (C=O) groups excluding carboxylic acids is 1. The lowest BCUT2D eigenvalue weighted by atomic mass is 9.72. The van der Waals surface area contributed by atoms with Crippen LogP contribution in [0.2, 0.25) is 0 Å². The van der Waals surface area contributed by atoms with Crippen molar-refractivity contribution in [3.63, 3.8) is 0 Å². The van der Waals surface area contributed by atoms with Gasteiger partial charge in [-0.2, -0.15) is 18.4 Å². The number of nitrogens with one attached hydrogen (secondary N) is 1. The number of nitriles is 1. The molecular weight excluding hydrogens is 509 g/mol. The van der Waals surface area contributed by atoms with E-state index in [-0.39, 0.29) is 17.5 Å². The number of rotatable bonds is 5. The number of nitrogens with zero attached hydrogens (tertiary/aromatic N) is 5. The molecule has 204 valence electrons. The average Bonchev–Trinajstić information content (AvgIpc) is 3.55. The fourth-order valence-corrected chi connectivity index (χ4v) is 5.60. The summed E-state index contributed by atoms with van der Waals surface area (Å²) in [5.74, 6) is -0.0777. The van der Waals surface area contributed by atoms with E-state index in [2.05, 4.69) is 20.4 Å². The number of aryl methyl sites for hydroxylation is 1. The van der Waals surface area contributed by atoms with E-state index in [1.807, 2.05) is 37.1 Å². The Morgan fingerprint density at radius 2 is 1.97 bits per heavy atom. The van der Waals surface area contributed by atoms with E-state index >= 15 is 0 Å². The molecule has 2 fully saturated rings. The van der Waals surface area contributed by atoms with Gasteiger partial charge in [0, 0.05) is 31.9 Å². The molecule has 0 aliphatic carbocycles. The third-order valence-corrected chi connectivity index (χ3v) is 7.91. The molecule has 2 aliphatic rings. The molecule has 3 aromatic rings. The summed E-state index contributed by atoms with van der Waals surface area (Å²) < 4.78 is 44.6. The van der Waals surface area contributed by atoms with E-state index < -0.39 is 17.2 Å². The van der Waals surface area contributed by atoms with Crippen molar-refractivity contribution >= 4 is 11.6 Å². The van der Waals surface area contributed by atoms with Gasteiger partial charge in [0.1, 0.15) is 12.3 Å². The Bertz CT molecular complexity index is 1390. The SMILES string of the molecule is Cc1nocc1-c1ccc(C2(C(=O)N[C@H]3CCN(C)C3)CCN(c3ccc(C(F)(F)F)cc3C#N)CC2)cn1. The van der Waals surface area contributed by atoms with Gasteiger partial charge in [-0.05, 0) is 69.6 Å². The van der Waals surface area contributed by atoms with Crippen LogP contribution in [0.3, 0.4) is 0 Å². The lowest BCUT2D eigenvalue weighted by Gasteiger charge is -2.42. The van der Waals surface area contributed by atoms with Crippen molar-refractivity contribution in [2.45, 2.75) is 43.8 Å². The predicted molar refractivity (Wildman–Crippen MR) is 138 cm³/mol. The number of amides is 1. The minimum atomic E-state index is -4.53. The summed E-state index contributed by atoms with van der Waals surface area (Å²) in [6, 6.07) is 8.94. The van der Waals surface area contributed by atoms with Gasteiger partial charge in [-0.25, -0.2) is 0 Å². The van der Waals surface area contributed by atoms with E-state index in [1.165, 1.54) is 12.3 Å². The highest BCUT2D eigenvalue weighted by Crippen LogP contribution is 2.40. The van der Waals surface area contributed by atoms with Crippen LogP contribution in [0.5, 0.6) is 0 Å². The first-order chi connectivity index (χ1) is 18.6. The molecule has 11 heteroatoms.